The summed E-state index contributed by atoms with van der Waals surface area (Å²) in [6.45, 7) is 15.5. The summed E-state index contributed by atoms with van der Waals surface area (Å²) < 4.78 is 33.8. The molecule has 4 rings (SSSR count). The Kier molecular flexibility index (Phi) is 10.7. The van der Waals surface area contributed by atoms with Crippen LogP contribution in [0.4, 0.5) is 9.18 Å². The summed E-state index contributed by atoms with van der Waals surface area (Å²) in [4.78, 5) is 28.7. The molecule has 3 aromatic carbocycles. The summed E-state index contributed by atoms with van der Waals surface area (Å²) in [7, 11) is -2.92. The highest BCUT2D eigenvalue weighted by Crippen LogP contribution is 2.37. The molecule has 0 unspecified atom stereocenters. The zero-order valence-corrected chi connectivity index (χ0v) is 29.8. The molecule has 248 valence electrons. The van der Waals surface area contributed by atoms with E-state index in [9.17, 15) is 14.0 Å². The number of hydrogen-bond donors (Lipinski definition) is 1. The monoisotopic (exact) mass is 668 g/mol. The van der Waals surface area contributed by atoms with Crippen LogP contribution in [-0.2, 0) is 24.2 Å². The van der Waals surface area contributed by atoms with E-state index in [0.29, 0.717) is 0 Å². The van der Waals surface area contributed by atoms with Crippen molar-refractivity contribution >= 4 is 42.3 Å². The van der Waals surface area contributed by atoms with Crippen molar-refractivity contribution in [2.45, 2.75) is 83.7 Å². The zero-order chi connectivity index (χ0) is 33.9. The van der Waals surface area contributed by atoms with Gasteiger partial charge in [-0.15, -0.1) is 0 Å². The molecule has 46 heavy (non-hydrogen) atoms. The van der Waals surface area contributed by atoms with E-state index < -0.39 is 49.4 Å². The molecule has 0 aliphatic carbocycles. The summed E-state index contributed by atoms with van der Waals surface area (Å²) in [6, 6.07) is 24.3. The third kappa shape index (κ3) is 8.00. The van der Waals surface area contributed by atoms with Crippen LogP contribution in [0.25, 0.3) is 0 Å². The highest BCUT2D eigenvalue weighted by Gasteiger charge is 2.51. The predicted octanol–water partition coefficient (Wildman–Crippen LogP) is 6.41. The van der Waals surface area contributed by atoms with E-state index in [-0.39, 0.29) is 35.4 Å². The van der Waals surface area contributed by atoms with Crippen molar-refractivity contribution < 1.29 is 27.9 Å². The number of carbonyl (C=O) groups excluding carboxylic acids is 2. The predicted molar refractivity (Wildman–Crippen MR) is 183 cm³/mol. The van der Waals surface area contributed by atoms with E-state index in [0.717, 1.165) is 10.4 Å². The number of rotatable bonds is 8. The average molecular weight is 669 g/mol. The van der Waals surface area contributed by atoms with Gasteiger partial charge in [0.15, 0.2) is 6.10 Å². The standard InChI is InChI=1S/C36H46ClFN2O5Si/c1-34(2,3)45-33(42)40-22-31(32(41)39-36(7,8)29-20-19-25(37)21-30(29)38)43-23-26(40)24-44-46(35(4,5)6,27-15-11-9-12-16-27)28-17-13-10-14-18-28/h9-21,26,31H,22-24H2,1-8H3,(H,39,41)/t26-,31-/m0/s1. The minimum atomic E-state index is -2.92. The van der Waals surface area contributed by atoms with Crippen LogP contribution in [0.2, 0.25) is 10.1 Å². The van der Waals surface area contributed by atoms with Crippen LogP contribution in [0.3, 0.4) is 0 Å². The van der Waals surface area contributed by atoms with Gasteiger partial charge in [-0.2, -0.15) is 0 Å². The molecular formula is C36H46ClFN2O5Si. The molecule has 2 amide bonds. The molecule has 0 saturated carbocycles. The number of morpholine rings is 1. The zero-order valence-electron chi connectivity index (χ0n) is 28.0. The molecule has 10 heteroatoms. The van der Waals surface area contributed by atoms with E-state index in [4.69, 9.17) is 25.5 Å². The maximum atomic E-state index is 14.8. The fourth-order valence-corrected chi connectivity index (χ4v) is 10.7. The molecule has 1 aliphatic rings. The highest BCUT2D eigenvalue weighted by molar-refractivity contribution is 6.99. The Morgan fingerprint density at radius 1 is 0.935 bits per heavy atom. The number of hydrogen-bond acceptors (Lipinski definition) is 5. The summed E-state index contributed by atoms with van der Waals surface area (Å²) in [6.07, 6.45) is -1.57. The Hall–Kier alpha value is -3.24. The number of benzene rings is 3. The molecular weight excluding hydrogens is 623 g/mol. The highest BCUT2D eigenvalue weighted by atomic mass is 35.5. The van der Waals surface area contributed by atoms with Gasteiger partial charge in [0.05, 0.1) is 31.3 Å². The maximum Gasteiger partial charge on any atom is 0.410 e. The maximum absolute atomic E-state index is 14.8. The lowest BCUT2D eigenvalue weighted by molar-refractivity contribution is -0.144. The van der Waals surface area contributed by atoms with Gasteiger partial charge >= 0.3 is 6.09 Å². The molecule has 0 spiro atoms. The van der Waals surface area contributed by atoms with Crippen molar-refractivity contribution in [1.82, 2.24) is 10.2 Å². The smallest absolute Gasteiger partial charge is 0.410 e. The fraction of sp³-hybridized carbons (Fsp3) is 0.444. The molecule has 0 aromatic heterocycles. The summed E-state index contributed by atoms with van der Waals surface area (Å²) in [5.74, 6) is -1.00. The Morgan fingerprint density at radius 3 is 2.00 bits per heavy atom. The van der Waals surface area contributed by atoms with Crippen molar-refractivity contribution in [1.29, 1.82) is 0 Å². The normalized spacial score (nSPS) is 17.8. The van der Waals surface area contributed by atoms with Gasteiger partial charge in [0.1, 0.15) is 11.4 Å². The summed E-state index contributed by atoms with van der Waals surface area (Å²) >= 11 is 5.94. The first-order valence-electron chi connectivity index (χ1n) is 15.6. The van der Waals surface area contributed by atoms with Gasteiger partial charge < -0.3 is 19.2 Å². The Bertz CT molecular complexity index is 1470. The molecule has 1 aliphatic heterocycles. The van der Waals surface area contributed by atoms with E-state index in [1.54, 1.807) is 46.8 Å². The van der Waals surface area contributed by atoms with E-state index in [1.807, 2.05) is 36.4 Å². The first-order valence-corrected chi connectivity index (χ1v) is 17.9. The van der Waals surface area contributed by atoms with Crippen molar-refractivity contribution in [3.63, 3.8) is 0 Å². The lowest BCUT2D eigenvalue weighted by atomic mass is 9.93. The summed E-state index contributed by atoms with van der Waals surface area (Å²) in [5.41, 5.74) is -1.55. The third-order valence-corrected chi connectivity index (χ3v) is 13.4. The van der Waals surface area contributed by atoms with E-state index in [2.05, 4.69) is 50.4 Å². The van der Waals surface area contributed by atoms with E-state index >= 15 is 0 Å². The van der Waals surface area contributed by atoms with Gasteiger partial charge in [-0.3, -0.25) is 9.69 Å². The van der Waals surface area contributed by atoms with Crippen LogP contribution < -0.4 is 15.7 Å². The first kappa shape index (κ1) is 35.6. The SMILES string of the molecule is CC(C)(C)OC(=O)N1C[C@@H](C(=O)NC(C)(C)c2ccc(Cl)cc2F)OC[C@H]1CO[Si](c1ccccc1)(c1ccccc1)C(C)(C)C. The number of nitrogens with one attached hydrogen (secondary N) is 1. The number of nitrogens with zero attached hydrogens (tertiary/aromatic N) is 1. The van der Waals surface area contributed by atoms with Gasteiger partial charge in [0, 0.05) is 10.6 Å². The number of halogens is 2. The van der Waals surface area contributed by atoms with Gasteiger partial charge in [0.2, 0.25) is 0 Å². The van der Waals surface area contributed by atoms with Crippen LogP contribution >= 0.6 is 11.6 Å². The number of carbonyl (C=O) groups is 2. The van der Waals surface area contributed by atoms with Gasteiger partial charge in [-0.1, -0.05) is 99.1 Å². The van der Waals surface area contributed by atoms with Gasteiger partial charge in [-0.25, -0.2) is 9.18 Å². The number of amides is 2. The molecule has 0 bridgehead atoms. The lowest BCUT2D eigenvalue weighted by Gasteiger charge is -2.46. The van der Waals surface area contributed by atoms with Crippen LogP contribution in [0.5, 0.6) is 0 Å². The molecule has 1 heterocycles. The average Bonchev–Trinajstić information content (AvgIpc) is 2.96. The van der Waals surface area contributed by atoms with Crippen molar-refractivity contribution in [2.75, 3.05) is 19.8 Å². The molecule has 1 N–H and O–H groups in total. The summed E-state index contributed by atoms with van der Waals surface area (Å²) in [5, 5.41) is 5.11. The molecule has 0 radical (unpaired) electrons. The van der Waals surface area contributed by atoms with Gasteiger partial charge in [-0.05, 0) is 62.2 Å². The quantitative estimate of drug-likeness (QED) is 0.281. The minimum Gasteiger partial charge on any atom is -0.444 e. The Morgan fingerprint density at radius 2 is 1.50 bits per heavy atom. The van der Waals surface area contributed by atoms with Gasteiger partial charge in [0.25, 0.3) is 14.2 Å². The van der Waals surface area contributed by atoms with Crippen LogP contribution in [0, 0.1) is 5.82 Å². The lowest BCUT2D eigenvalue weighted by Crippen LogP contribution is -2.68. The fourth-order valence-electron chi connectivity index (χ4n) is 5.97. The molecule has 2 atom stereocenters. The second-order valence-electron chi connectivity index (χ2n) is 14.3. The van der Waals surface area contributed by atoms with Crippen LogP contribution in [0.15, 0.2) is 78.9 Å². The van der Waals surface area contributed by atoms with Crippen molar-refractivity contribution in [3.8, 4) is 0 Å². The topological polar surface area (TPSA) is 77.1 Å². The second kappa shape index (κ2) is 13.9. The molecule has 3 aromatic rings. The Balaban J connectivity index is 1.62. The minimum absolute atomic E-state index is 0.0469. The molecule has 1 saturated heterocycles. The number of ether oxygens (including phenoxy) is 2. The second-order valence-corrected chi connectivity index (χ2v) is 19.1. The molecule has 1 fully saturated rings. The van der Waals surface area contributed by atoms with E-state index in [1.165, 1.54) is 11.0 Å². The van der Waals surface area contributed by atoms with Crippen molar-refractivity contribution in [3.05, 3.63) is 95.3 Å². The van der Waals surface area contributed by atoms with Crippen LogP contribution in [-0.4, -0.2) is 62.7 Å². The molecule has 7 nitrogen and oxygen atoms in total. The first-order chi connectivity index (χ1) is 21.4. The van der Waals surface area contributed by atoms with Crippen molar-refractivity contribution in [2.24, 2.45) is 0 Å². The third-order valence-electron chi connectivity index (χ3n) is 8.16. The van der Waals surface area contributed by atoms with Crippen LogP contribution in [0.1, 0.15) is 61.0 Å². The Labute approximate surface area is 278 Å². The largest absolute Gasteiger partial charge is 0.444 e.